The highest BCUT2D eigenvalue weighted by molar-refractivity contribution is 9.10. The maximum atomic E-state index is 13.5. The zero-order chi connectivity index (χ0) is 19.7. The maximum absolute atomic E-state index is 13.5. The van der Waals surface area contributed by atoms with Crippen molar-refractivity contribution in [1.82, 2.24) is 4.31 Å². The van der Waals surface area contributed by atoms with Crippen LogP contribution in [0.2, 0.25) is 0 Å². The molecule has 3 aromatic carbocycles. The number of sulfonamides is 1. The van der Waals surface area contributed by atoms with E-state index in [4.69, 9.17) is 4.74 Å². The molecule has 1 heterocycles. The summed E-state index contributed by atoms with van der Waals surface area (Å²) in [7, 11) is -3.85. The second kappa shape index (κ2) is 7.66. The summed E-state index contributed by atoms with van der Waals surface area (Å²) in [5.74, 6) is -0.0440. The molecule has 0 bridgehead atoms. The van der Waals surface area contributed by atoms with E-state index in [0.717, 1.165) is 10.0 Å². The Bertz CT molecular complexity index is 1090. The standard InChI is InChI=1S/C21H17BrFNO3S/c22-17-8-11-21-20(12-17)27-14-19(16-4-2-1-3-5-16)24(28(21,25)26)13-15-6-9-18(23)10-7-15/h1-12,19H,13-14H2/t19-/m1/s1. The van der Waals surface area contributed by atoms with Gasteiger partial charge < -0.3 is 4.74 Å². The number of halogens is 2. The first-order valence-electron chi connectivity index (χ1n) is 8.69. The van der Waals surface area contributed by atoms with Crippen LogP contribution in [0.25, 0.3) is 0 Å². The number of benzene rings is 3. The molecule has 0 spiro atoms. The second-order valence-electron chi connectivity index (χ2n) is 6.51. The Morgan fingerprint density at radius 1 is 1.04 bits per heavy atom. The van der Waals surface area contributed by atoms with Crippen molar-refractivity contribution in [3.05, 3.63) is 94.2 Å². The largest absolute Gasteiger partial charge is 0.490 e. The molecule has 0 amide bonds. The summed E-state index contributed by atoms with van der Waals surface area (Å²) in [6.45, 7) is 0.287. The lowest BCUT2D eigenvalue weighted by Gasteiger charge is -2.28. The van der Waals surface area contributed by atoms with Gasteiger partial charge in [0.05, 0.1) is 6.04 Å². The minimum atomic E-state index is -3.85. The normalized spacial score (nSPS) is 18.7. The Balaban J connectivity index is 1.83. The van der Waals surface area contributed by atoms with Crippen LogP contribution in [0.3, 0.4) is 0 Å². The van der Waals surface area contributed by atoms with Crippen LogP contribution in [0.5, 0.6) is 5.75 Å². The zero-order valence-corrected chi connectivity index (χ0v) is 17.2. The van der Waals surface area contributed by atoms with Gasteiger partial charge in [0, 0.05) is 11.0 Å². The van der Waals surface area contributed by atoms with E-state index >= 15 is 0 Å². The SMILES string of the molecule is O=S1(=O)c2ccc(Br)cc2OC[C@H](c2ccccc2)N1Cc1ccc(F)cc1. The quantitative estimate of drug-likeness (QED) is 0.556. The van der Waals surface area contributed by atoms with Gasteiger partial charge in [-0.05, 0) is 41.5 Å². The molecule has 28 heavy (non-hydrogen) atoms. The highest BCUT2D eigenvalue weighted by Gasteiger charge is 2.38. The van der Waals surface area contributed by atoms with Gasteiger partial charge in [0.15, 0.2) is 0 Å². The van der Waals surface area contributed by atoms with Gasteiger partial charge in [-0.3, -0.25) is 0 Å². The predicted octanol–water partition coefficient (Wildman–Crippen LogP) is 4.91. The van der Waals surface area contributed by atoms with Crippen LogP contribution in [0, 0.1) is 5.82 Å². The van der Waals surface area contributed by atoms with Crippen LogP contribution < -0.4 is 4.74 Å². The van der Waals surface area contributed by atoms with Crippen LogP contribution >= 0.6 is 15.9 Å². The molecule has 1 aliphatic heterocycles. The third-order valence-corrected chi connectivity index (χ3v) is 7.06. The minimum absolute atomic E-state index is 0.112. The molecule has 0 unspecified atom stereocenters. The smallest absolute Gasteiger partial charge is 0.247 e. The molecule has 3 aromatic rings. The molecule has 4 nitrogen and oxygen atoms in total. The average molecular weight is 462 g/mol. The van der Waals surface area contributed by atoms with Gasteiger partial charge in [0.1, 0.15) is 23.1 Å². The monoisotopic (exact) mass is 461 g/mol. The zero-order valence-electron chi connectivity index (χ0n) is 14.8. The molecule has 0 fully saturated rings. The van der Waals surface area contributed by atoms with Crippen molar-refractivity contribution in [1.29, 1.82) is 0 Å². The van der Waals surface area contributed by atoms with Crippen LogP contribution in [0.1, 0.15) is 17.2 Å². The summed E-state index contributed by atoms with van der Waals surface area (Å²) in [6.07, 6.45) is 0. The molecule has 0 radical (unpaired) electrons. The van der Waals surface area contributed by atoms with Crippen molar-refractivity contribution in [2.75, 3.05) is 6.61 Å². The van der Waals surface area contributed by atoms with E-state index in [1.54, 1.807) is 30.3 Å². The Kier molecular flexibility index (Phi) is 5.23. The van der Waals surface area contributed by atoms with Crippen molar-refractivity contribution in [2.24, 2.45) is 0 Å². The third-order valence-electron chi connectivity index (χ3n) is 4.67. The van der Waals surface area contributed by atoms with Crippen molar-refractivity contribution >= 4 is 26.0 Å². The summed E-state index contributed by atoms with van der Waals surface area (Å²) in [5, 5.41) is 0. The highest BCUT2D eigenvalue weighted by atomic mass is 79.9. The first kappa shape index (κ1) is 19.1. The lowest BCUT2D eigenvalue weighted by atomic mass is 10.1. The number of nitrogens with zero attached hydrogens (tertiary/aromatic N) is 1. The van der Waals surface area contributed by atoms with E-state index in [2.05, 4.69) is 15.9 Å². The summed E-state index contributed by atoms with van der Waals surface area (Å²) in [4.78, 5) is 0.122. The van der Waals surface area contributed by atoms with Gasteiger partial charge in [0.25, 0.3) is 0 Å². The molecule has 1 atom stereocenters. The predicted molar refractivity (Wildman–Crippen MR) is 108 cm³/mol. The van der Waals surface area contributed by atoms with Gasteiger partial charge >= 0.3 is 0 Å². The summed E-state index contributed by atoms with van der Waals surface area (Å²) >= 11 is 3.37. The molecular weight excluding hydrogens is 445 g/mol. The summed E-state index contributed by atoms with van der Waals surface area (Å²) in [6, 6.07) is 19.6. The van der Waals surface area contributed by atoms with Crippen LogP contribution in [-0.2, 0) is 16.6 Å². The molecule has 0 saturated heterocycles. The van der Waals surface area contributed by atoms with Crippen molar-refractivity contribution < 1.29 is 17.5 Å². The summed E-state index contributed by atoms with van der Waals surface area (Å²) < 4.78 is 48.5. The van der Waals surface area contributed by atoms with E-state index in [1.807, 2.05) is 30.3 Å². The first-order chi connectivity index (χ1) is 13.4. The van der Waals surface area contributed by atoms with Crippen molar-refractivity contribution in [3.63, 3.8) is 0 Å². The van der Waals surface area contributed by atoms with Crippen LogP contribution in [0.15, 0.2) is 82.2 Å². The lowest BCUT2D eigenvalue weighted by Crippen LogP contribution is -2.35. The Hall–Kier alpha value is -2.22. The average Bonchev–Trinajstić information content (AvgIpc) is 2.79. The first-order valence-corrected chi connectivity index (χ1v) is 10.9. The molecule has 144 valence electrons. The van der Waals surface area contributed by atoms with Crippen LogP contribution in [-0.4, -0.2) is 19.3 Å². The van der Waals surface area contributed by atoms with Gasteiger partial charge in [-0.1, -0.05) is 58.4 Å². The Morgan fingerprint density at radius 3 is 2.46 bits per heavy atom. The van der Waals surface area contributed by atoms with Gasteiger partial charge in [-0.2, -0.15) is 4.31 Å². The number of rotatable bonds is 3. The summed E-state index contributed by atoms with van der Waals surface area (Å²) in [5.41, 5.74) is 1.53. The van der Waals surface area contributed by atoms with Gasteiger partial charge in [0.2, 0.25) is 10.0 Å². The van der Waals surface area contributed by atoms with E-state index in [9.17, 15) is 12.8 Å². The third kappa shape index (κ3) is 3.70. The number of fused-ring (bicyclic) bond motifs is 1. The molecular formula is C21H17BrFNO3S. The molecule has 0 aliphatic carbocycles. The topological polar surface area (TPSA) is 46.6 Å². The van der Waals surface area contributed by atoms with E-state index < -0.39 is 16.1 Å². The molecule has 0 saturated carbocycles. The van der Waals surface area contributed by atoms with Gasteiger partial charge in [-0.25, -0.2) is 12.8 Å². The molecule has 7 heteroatoms. The fraction of sp³-hybridized carbons (Fsp3) is 0.143. The fourth-order valence-corrected chi connectivity index (χ4v) is 5.30. The maximum Gasteiger partial charge on any atom is 0.247 e. The molecule has 1 aliphatic rings. The van der Waals surface area contributed by atoms with Crippen LogP contribution in [0.4, 0.5) is 4.39 Å². The lowest BCUT2D eigenvalue weighted by molar-refractivity contribution is 0.210. The Labute approximate surface area is 171 Å². The highest BCUT2D eigenvalue weighted by Crippen LogP contribution is 2.38. The van der Waals surface area contributed by atoms with Crippen molar-refractivity contribution in [2.45, 2.75) is 17.5 Å². The molecule has 4 rings (SSSR count). The van der Waals surface area contributed by atoms with E-state index in [-0.39, 0.29) is 23.9 Å². The number of hydrogen-bond donors (Lipinski definition) is 0. The fourth-order valence-electron chi connectivity index (χ4n) is 3.26. The van der Waals surface area contributed by atoms with Gasteiger partial charge in [-0.15, -0.1) is 0 Å². The number of ether oxygens (including phenoxy) is 1. The Morgan fingerprint density at radius 2 is 1.75 bits per heavy atom. The molecule has 0 N–H and O–H groups in total. The molecule has 0 aromatic heterocycles. The minimum Gasteiger partial charge on any atom is -0.490 e. The van der Waals surface area contributed by atoms with E-state index in [0.29, 0.717) is 11.3 Å². The van der Waals surface area contributed by atoms with E-state index in [1.165, 1.54) is 16.4 Å². The number of hydrogen-bond acceptors (Lipinski definition) is 3. The van der Waals surface area contributed by atoms with Crippen molar-refractivity contribution in [3.8, 4) is 5.75 Å². The second-order valence-corrected chi connectivity index (χ2v) is 9.28.